The van der Waals surface area contributed by atoms with Crippen LogP contribution in [0.4, 0.5) is 29.3 Å². The highest BCUT2D eigenvalue weighted by molar-refractivity contribution is 7.96. The molecule has 34 heavy (non-hydrogen) atoms. The van der Waals surface area contributed by atoms with Gasteiger partial charge in [-0.05, 0) is 61.8 Å². The third kappa shape index (κ3) is 5.47. The fourth-order valence-electron chi connectivity index (χ4n) is 4.15. The molecule has 2 heterocycles. The second-order valence-corrected chi connectivity index (χ2v) is 9.26. The third-order valence-electron chi connectivity index (χ3n) is 6.26. The number of alkyl halides is 3. The van der Waals surface area contributed by atoms with Crippen LogP contribution in [0.5, 0.6) is 0 Å². The van der Waals surface area contributed by atoms with Crippen LogP contribution in [0, 0.1) is 0 Å². The topological polar surface area (TPSA) is 86.4 Å². The van der Waals surface area contributed by atoms with E-state index in [2.05, 4.69) is 32.5 Å². The van der Waals surface area contributed by atoms with Crippen molar-refractivity contribution in [3.63, 3.8) is 0 Å². The Balaban J connectivity index is 1.36. The molecular formula is C23H26F3N5O2S. The van der Waals surface area contributed by atoms with Gasteiger partial charge < -0.3 is 15.5 Å². The largest absolute Gasteiger partial charge is 0.433 e. The van der Waals surface area contributed by atoms with Crippen LogP contribution in [0.3, 0.4) is 0 Å². The Morgan fingerprint density at radius 2 is 1.94 bits per heavy atom. The Labute approximate surface area is 200 Å². The summed E-state index contributed by atoms with van der Waals surface area (Å²) in [4.78, 5) is 30.4. The number of piperidine rings is 1. The summed E-state index contributed by atoms with van der Waals surface area (Å²) in [5, 5.41) is 5.06. The van der Waals surface area contributed by atoms with Crippen molar-refractivity contribution in [3.8, 4) is 0 Å². The van der Waals surface area contributed by atoms with Gasteiger partial charge in [-0.3, -0.25) is 9.52 Å². The van der Waals surface area contributed by atoms with Crippen LogP contribution in [0.1, 0.15) is 36.9 Å². The first-order chi connectivity index (χ1) is 16.2. The maximum atomic E-state index is 13.0. The minimum absolute atomic E-state index is 0.103. The van der Waals surface area contributed by atoms with Crippen LogP contribution in [0.25, 0.3) is 0 Å². The molecule has 1 aromatic carbocycles. The average molecular weight is 494 g/mol. The number of anilines is 2. The second kappa shape index (κ2) is 9.83. The van der Waals surface area contributed by atoms with Gasteiger partial charge in [0.25, 0.3) is 0 Å². The number of nitrogens with zero attached hydrogens (tertiary/aromatic N) is 2. The van der Waals surface area contributed by atoms with Crippen LogP contribution < -0.4 is 20.3 Å². The number of rotatable bonds is 7. The number of carbonyl (C=O) groups excluding carboxylic acids is 2. The number of halogens is 3. The van der Waals surface area contributed by atoms with Gasteiger partial charge in [-0.25, -0.2) is 9.78 Å². The van der Waals surface area contributed by atoms with Crippen molar-refractivity contribution in [2.75, 3.05) is 29.6 Å². The number of hydrogen-bond donors (Lipinski definition) is 3. The van der Waals surface area contributed by atoms with Gasteiger partial charge in [0.1, 0.15) is 11.7 Å². The summed E-state index contributed by atoms with van der Waals surface area (Å²) in [5.41, 5.74) is 1.26. The molecule has 2 aromatic rings. The van der Waals surface area contributed by atoms with Crippen LogP contribution in [0.2, 0.25) is 0 Å². The highest BCUT2D eigenvalue weighted by Gasteiger charge is 2.44. The van der Waals surface area contributed by atoms with Gasteiger partial charge in [0.2, 0.25) is 5.91 Å². The predicted molar refractivity (Wildman–Crippen MR) is 126 cm³/mol. The van der Waals surface area contributed by atoms with E-state index in [9.17, 15) is 22.8 Å². The molecule has 1 saturated carbocycles. The van der Waals surface area contributed by atoms with Crippen molar-refractivity contribution in [3.05, 3.63) is 53.9 Å². The summed E-state index contributed by atoms with van der Waals surface area (Å²) in [7, 11) is 0. The summed E-state index contributed by atoms with van der Waals surface area (Å²) in [6, 6.07) is 8.54. The second-order valence-electron chi connectivity index (χ2n) is 8.57. The number of aromatic nitrogens is 1. The molecule has 3 N–H and O–H groups in total. The summed E-state index contributed by atoms with van der Waals surface area (Å²) in [6.45, 7) is 1.46. The fraction of sp³-hybridized carbons (Fsp3) is 0.435. The smallest absolute Gasteiger partial charge is 0.326 e. The highest BCUT2D eigenvalue weighted by atomic mass is 32.2. The molecule has 3 amide bonds. The monoisotopic (exact) mass is 493 g/mol. The lowest BCUT2D eigenvalue weighted by atomic mass is 9.95. The summed E-state index contributed by atoms with van der Waals surface area (Å²) in [6.07, 6.45) is 1.85. The van der Waals surface area contributed by atoms with E-state index in [0.717, 1.165) is 43.4 Å². The average Bonchev–Trinajstić information content (AvgIpc) is 3.60. The lowest BCUT2D eigenvalue weighted by Crippen LogP contribution is -2.53. The first-order valence-corrected chi connectivity index (χ1v) is 12.2. The zero-order valence-corrected chi connectivity index (χ0v) is 19.4. The lowest BCUT2D eigenvalue weighted by molar-refractivity contribution is -0.141. The lowest BCUT2D eigenvalue weighted by Gasteiger charge is -2.33. The van der Waals surface area contributed by atoms with Gasteiger partial charge in [0.05, 0.1) is 11.9 Å². The molecule has 0 spiro atoms. The Bertz CT molecular complexity index is 1030. The Kier molecular flexibility index (Phi) is 7.04. The van der Waals surface area contributed by atoms with Crippen LogP contribution in [-0.2, 0) is 16.4 Å². The van der Waals surface area contributed by atoms with E-state index in [1.165, 1.54) is 5.56 Å². The number of hydrogen-bond acceptors (Lipinski definition) is 5. The first kappa shape index (κ1) is 24.3. The third-order valence-corrected chi connectivity index (χ3v) is 6.69. The van der Waals surface area contributed by atoms with Crippen LogP contribution in [-0.4, -0.2) is 42.3 Å². The predicted octanol–water partition coefficient (Wildman–Crippen LogP) is 4.32. The van der Waals surface area contributed by atoms with Gasteiger partial charge in [-0.15, -0.1) is 0 Å². The van der Waals surface area contributed by atoms with E-state index in [1.807, 2.05) is 18.4 Å². The van der Waals surface area contributed by atoms with E-state index >= 15 is 0 Å². The number of urea groups is 1. The van der Waals surface area contributed by atoms with E-state index < -0.39 is 23.9 Å². The quantitative estimate of drug-likeness (QED) is 0.501. The molecule has 2 aliphatic rings. The molecule has 1 unspecified atom stereocenters. The molecule has 0 bridgehead atoms. The Morgan fingerprint density at radius 3 is 2.53 bits per heavy atom. The molecular weight excluding hydrogens is 467 g/mol. The molecule has 2 fully saturated rings. The SMILES string of the molecule is CSNCC1(c2ccc(N3CCCC(NC(=O)Nc4ccc(C(F)(F)F)nc4)C3=O)cc2)CC1. The van der Waals surface area contributed by atoms with Crippen molar-refractivity contribution in [1.82, 2.24) is 15.0 Å². The maximum Gasteiger partial charge on any atom is 0.433 e. The zero-order valence-electron chi connectivity index (χ0n) is 18.6. The highest BCUT2D eigenvalue weighted by Crippen LogP contribution is 2.48. The van der Waals surface area contributed by atoms with Crippen molar-refractivity contribution >= 4 is 35.3 Å². The number of benzene rings is 1. The van der Waals surface area contributed by atoms with Crippen LogP contribution in [0.15, 0.2) is 42.6 Å². The molecule has 1 aliphatic heterocycles. The Hall–Kier alpha value is -2.79. The number of amides is 3. The molecule has 1 aliphatic carbocycles. The van der Waals surface area contributed by atoms with Crippen molar-refractivity contribution in [1.29, 1.82) is 0 Å². The fourth-order valence-corrected chi connectivity index (χ4v) is 4.57. The molecule has 7 nitrogen and oxygen atoms in total. The number of pyridine rings is 1. The van der Waals surface area contributed by atoms with Gasteiger partial charge in [0.15, 0.2) is 0 Å². The summed E-state index contributed by atoms with van der Waals surface area (Å²) < 4.78 is 41.2. The molecule has 1 atom stereocenters. The first-order valence-electron chi connectivity index (χ1n) is 11.0. The van der Waals surface area contributed by atoms with E-state index in [1.54, 1.807) is 16.8 Å². The number of carbonyl (C=O) groups is 2. The normalized spacial score (nSPS) is 19.6. The van der Waals surface area contributed by atoms with E-state index in [4.69, 9.17) is 0 Å². The summed E-state index contributed by atoms with van der Waals surface area (Å²) in [5.74, 6) is -0.218. The maximum absolute atomic E-state index is 13.0. The van der Waals surface area contributed by atoms with Gasteiger partial charge in [-0.2, -0.15) is 13.2 Å². The summed E-state index contributed by atoms with van der Waals surface area (Å²) >= 11 is 1.61. The minimum Gasteiger partial charge on any atom is -0.326 e. The zero-order chi connectivity index (χ0) is 24.3. The standard InChI is InChI=1S/C23H26F3N5O2S/c1-34-28-14-22(10-11-22)15-4-7-17(8-5-15)31-12-2-3-18(20(31)32)30-21(33)29-16-6-9-19(27-13-16)23(24,25)26/h4-9,13,18,28H,2-3,10-12,14H2,1H3,(H2,29,30,33). The molecule has 182 valence electrons. The van der Waals surface area contributed by atoms with Crippen molar-refractivity contribution in [2.45, 2.75) is 43.3 Å². The van der Waals surface area contributed by atoms with Crippen molar-refractivity contribution < 1.29 is 22.8 Å². The molecule has 1 aromatic heterocycles. The Morgan fingerprint density at radius 1 is 1.21 bits per heavy atom. The molecule has 1 saturated heterocycles. The van der Waals surface area contributed by atoms with Crippen LogP contribution >= 0.6 is 11.9 Å². The number of nitrogens with one attached hydrogen (secondary N) is 3. The van der Waals surface area contributed by atoms with Crippen molar-refractivity contribution in [2.24, 2.45) is 0 Å². The molecule has 4 rings (SSSR count). The van der Waals surface area contributed by atoms with E-state index in [-0.39, 0.29) is 17.0 Å². The van der Waals surface area contributed by atoms with Gasteiger partial charge >= 0.3 is 12.2 Å². The van der Waals surface area contributed by atoms with Gasteiger partial charge in [-0.1, -0.05) is 24.1 Å². The molecule has 0 radical (unpaired) electrons. The van der Waals surface area contributed by atoms with Gasteiger partial charge in [0, 0.05) is 24.2 Å². The van der Waals surface area contributed by atoms with E-state index in [0.29, 0.717) is 19.4 Å². The minimum atomic E-state index is -4.55. The molecule has 11 heteroatoms.